The predicted octanol–water partition coefficient (Wildman–Crippen LogP) is 2.41. The van der Waals surface area contributed by atoms with Crippen molar-refractivity contribution in [3.63, 3.8) is 0 Å². The number of rotatable bonds is 8. The summed E-state index contributed by atoms with van der Waals surface area (Å²) in [6.45, 7) is 0.758. The van der Waals surface area contributed by atoms with E-state index in [2.05, 4.69) is 25.6 Å². The van der Waals surface area contributed by atoms with Crippen LogP contribution >= 0.6 is 0 Å². The average molecular weight is 358 g/mol. The van der Waals surface area contributed by atoms with Gasteiger partial charge in [0.25, 0.3) is 0 Å². The Hall–Kier alpha value is -3.04. The first-order valence-electron chi connectivity index (χ1n) is 7.93. The molecular formula is C17H19FN6O2. The van der Waals surface area contributed by atoms with E-state index in [4.69, 9.17) is 14.9 Å². The molecule has 0 saturated heterocycles. The smallest absolute Gasteiger partial charge is 0.232 e. The number of halogens is 1. The van der Waals surface area contributed by atoms with Gasteiger partial charge in [-0.25, -0.2) is 4.39 Å². The maximum atomic E-state index is 13.0. The van der Waals surface area contributed by atoms with Gasteiger partial charge in [0, 0.05) is 12.8 Å². The highest BCUT2D eigenvalue weighted by molar-refractivity contribution is 5.53. The minimum absolute atomic E-state index is 0.0858. The third-order valence-corrected chi connectivity index (χ3v) is 3.53. The standard InChI is InChI=1S/C17H19FN6O2/c1-25-10-13(14-3-2-8-26-14)20-9-15-22-16(19)24-17(23-15)21-12-6-4-11(18)5-7-12/h2-8,13,20H,9-10H2,1H3,(H3,19,21,22,23,24). The number of hydrogen-bond acceptors (Lipinski definition) is 8. The van der Waals surface area contributed by atoms with Gasteiger partial charge in [-0.2, -0.15) is 15.0 Å². The first-order valence-corrected chi connectivity index (χ1v) is 7.93. The summed E-state index contributed by atoms with van der Waals surface area (Å²) in [5, 5.41) is 6.23. The molecule has 9 heteroatoms. The summed E-state index contributed by atoms with van der Waals surface area (Å²) in [6, 6.07) is 9.37. The van der Waals surface area contributed by atoms with Crippen LogP contribution in [0.1, 0.15) is 17.6 Å². The minimum atomic E-state index is -0.322. The molecule has 0 aliphatic carbocycles. The molecule has 2 heterocycles. The summed E-state index contributed by atoms with van der Waals surface area (Å²) in [5.74, 6) is 1.25. The highest BCUT2D eigenvalue weighted by Crippen LogP contribution is 2.16. The lowest BCUT2D eigenvalue weighted by molar-refractivity contribution is 0.156. The fraction of sp³-hybridized carbons (Fsp3) is 0.235. The quantitative estimate of drug-likeness (QED) is 0.563. The third-order valence-electron chi connectivity index (χ3n) is 3.53. The number of anilines is 3. The molecule has 3 rings (SSSR count). The molecule has 1 aromatic carbocycles. The Labute approximate surface area is 149 Å². The molecule has 0 radical (unpaired) electrons. The van der Waals surface area contributed by atoms with Crippen molar-refractivity contribution in [3.8, 4) is 0 Å². The van der Waals surface area contributed by atoms with Gasteiger partial charge >= 0.3 is 0 Å². The summed E-state index contributed by atoms with van der Waals surface area (Å²) in [6.07, 6.45) is 1.60. The van der Waals surface area contributed by atoms with Crippen LogP contribution in [-0.2, 0) is 11.3 Å². The SMILES string of the molecule is COCC(NCc1nc(N)nc(Nc2ccc(F)cc2)n1)c1ccco1. The van der Waals surface area contributed by atoms with Crippen LogP contribution in [0.25, 0.3) is 0 Å². The second-order valence-electron chi connectivity index (χ2n) is 5.47. The lowest BCUT2D eigenvalue weighted by Crippen LogP contribution is -2.26. The monoisotopic (exact) mass is 358 g/mol. The Balaban J connectivity index is 1.69. The molecule has 1 atom stereocenters. The molecule has 0 bridgehead atoms. The van der Waals surface area contributed by atoms with Gasteiger partial charge in [0.1, 0.15) is 17.4 Å². The number of nitrogens with zero attached hydrogens (tertiary/aromatic N) is 3. The zero-order chi connectivity index (χ0) is 18.4. The lowest BCUT2D eigenvalue weighted by atomic mass is 10.2. The number of nitrogens with two attached hydrogens (primary N) is 1. The highest BCUT2D eigenvalue weighted by Gasteiger charge is 2.15. The molecular weight excluding hydrogens is 339 g/mol. The van der Waals surface area contributed by atoms with Gasteiger partial charge in [0.2, 0.25) is 11.9 Å². The van der Waals surface area contributed by atoms with Crippen molar-refractivity contribution in [1.29, 1.82) is 0 Å². The number of ether oxygens (including phenoxy) is 1. The first-order chi connectivity index (χ1) is 12.6. The molecule has 4 N–H and O–H groups in total. The molecule has 0 spiro atoms. The summed E-state index contributed by atoms with van der Waals surface area (Å²) in [4.78, 5) is 12.5. The van der Waals surface area contributed by atoms with Gasteiger partial charge < -0.3 is 20.2 Å². The van der Waals surface area contributed by atoms with Crippen molar-refractivity contribution >= 4 is 17.6 Å². The molecule has 26 heavy (non-hydrogen) atoms. The van der Waals surface area contributed by atoms with Gasteiger partial charge in [0.15, 0.2) is 0 Å². The number of nitrogens with one attached hydrogen (secondary N) is 2. The van der Waals surface area contributed by atoms with E-state index in [0.29, 0.717) is 24.7 Å². The fourth-order valence-corrected chi connectivity index (χ4v) is 2.35. The van der Waals surface area contributed by atoms with E-state index in [-0.39, 0.29) is 23.8 Å². The van der Waals surface area contributed by atoms with Crippen LogP contribution in [0, 0.1) is 5.82 Å². The molecule has 0 saturated carbocycles. The second-order valence-corrected chi connectivity index (χ2v) is 5.47. The largest absolute Gasteiger partial charge is 0.468 e. The summed E-state index contributed by atoms with van der Waals surface area (Å²) in [5.41, 5.74) is 6.41. The second kappa shape index (κ2) is 8.37. The van der Waals surface area contributed by atoms with E-state index in [1.807, 2.05) is 12.1 Å². The number of methoxy groups -OCH3 is 1. The number of nitrogen functional groups attached to an aromatic ring is 1. The van der Waals surface area contributed by atoms with E-state index in [9.17, 15) is 4.39 Å². The predicted molar refractivity (Wildman–Crippen MR) is 94.1 cm³/mol. The normalized spacial score (nSPS) is 12.1. The average Bonchev–Trinajstić information content (AvgIpc) is 3.15. The van der Waals surface area contributed by atoms with Crippen LogP contribution in [0.2, 0.25) is 0 Å². The number of hydrogen-bond donors (Lipinski definition) is 3. The van der Waals surface area contributed by atoms with Crippen molar-refractivity contribution < 1.29 is 13.5 Å². The van der Waals surface area contributed by atoms with Crippen LogP contribution in [0.15, 0.2) is 47.1 Å². The number of benzene rings is 1. The van der Waals surface area contributed by atoms with Crippen LogP contribution in [0.4, 0.5) is 22.0 Å². The molecule has 0 amide bonds. The van der Waals surface area contributed by atoms with Gasteiger partial charge in [-0.15, -0.1) is 0 Å². The Morgan fingerprint density at radius 1 is 1.19 bits per heavy atom. The lowest BCUT2D eigenvalue weighted by Gasteiger charge is -2.15. The van der Waals surface area contributed by atoms with E-state index in [0.717, 1.165) is 5.76 Å². The van der Waals surface area contributed by atoms with E-state index >= 15 is 0 Å². The van der Waals surface area contributed by atoms with Crippen LogP contribution in [-0.4, -0.2) is 28.7 Å². The molecule has 136 valence electrons. The number of aromatic nitrogens is 3. The maximum Gasteiger partial charge on any atom is 0.232 e. The van der Waals surface area contributed by atoms with Crippen molar-refractivity contribution in [1.82, 2.24) is 20.3 Å². The molecule has 2 aromatic heterocycles. The zero-order valence-corrected chi connectivity index (χ0v) is 14.1. The Morgan fingerprint density at radius 3 is 2.69 bits per heavy atom. The van der Waals surface area contributed by atoms with Crippen LogP contribution in [0.3, 0.4) is 0 Å². The fourth-order valence-electron chi connectivity index (χ4n) is 2.35. The highest BCUT2D eigenvalue weighted by atomic mass is 19.1. The first kappa shape index (κ1) is 17.8. The van der Waals surface area contributed by atoms with Gasteiger partial charge in [-0.1, -0.05) is 0 Å². The summed E-state index contributed by atoms with van der Waals surface area (Å²) >= 11 is 0. The van der Waals surface area contributed by atoms with E-state index in [1.54, 1.807) is 25.5 Å². The van der Waals surface area contributed by atoms with Crippen molar-refractivity contribution in [2.45, 2.75) is 12.6 Å². The molecule has 3 aromatic rings. The van der Waals surface area contributed by atoms with Crippen molar-refractivity contribution in [2.24, 2.45) is 0 Å². The van der Waals surface area contributed by atoms with Crippen molar-refractivity contribution in [2.75, 3.05) is 24.8 Å². The van der Waals surface area contributed by atoms with Crippen LogP contribution < -0.4 is 16.4 Å². The van der Waals surface area contributed by atoms with Gasteiger partial charge in [0.05, 0.1) is 25.5 Å². The third kappa shape index (κ3) is 4.74. The van der Waals surface area contributed by atoms with Crippen molar-refractivity contribution in [3.05, 3.63) is 60.1 Å². The van der Waals surface area contributed by atoms with Gasteiger partial charge in [-0.3, -0.25) is 5.32 Å². The molecule has 0 fully saturated rings. The van der Waals surface area contributed by atoms with Gasteiger partial charge in [-0.05, 0) is 36.4 Å². The topological polar surface area (TPSA) is 111 Å². The summed E-state index contributed by atoms with van der Waals surface area (Å²) in [7, 11) is 1.61. The number of furan rings is 1. The molecule has 0 aliphatic heterocycles. The Kier molecular flexibility index (Phi) is 5.72. The molecule has 8 nitrogen and oxygen atoms in total. The maximum absolute atomic E-state index is 13.0. The summed E-state index contributed by atoms with van der Waals surface area (Å²) < 4.78 is 23.6. The van der Waals surface area contributed by atoms with E-state index < -0.39 is 0 Å². The zero-order valence-electron chi connectivity index (χ0n) is 14.1. The molecule has 0 aliphatic rings. The Morgan fingerprint density at radius 2 is 2.00 bits per heavy atom. The minimum Gasteiger partial charge on any atom is -0.468 e. The van der Waals surface area contributed by atoms with Crippen LogP contribution in [0.5, 0.6) is 0 Å². The van der Waals surface area contributed by atoms with E-state index in [1.165, 1.54) is 12.1 Å². The Bertz CT molecular complexity index is 826. The molecule has 1 unspecified atom stereocenters.